The third-order valence-electron chi connectivity index (χ3n) is 3.86. The first-order chi connectivity index (χ1) is 7.70. The second kappa shape index (κ2) is 4.72. The largest absolute Gasteiger partial charge is 0.307 e. The van der Waals surface area contributed by atoms with Crippen LogP contribution in [0.5, 0.6) is 0 Å². The molecule has 1 saturated carbocycles. The van der Waals surface area contributed by atoms with Crippen molar-refractivity contribution >= 4 is 17.4 Å². The molecule has 0 amide bonds. The summed E-state index contributed by atoms with van der Waals surface area (Å²) < 4.78 is 0. The monoisotopic (exact) mass is 239 g/mol. The molecule has 0 aromatic heterocycles. The van der Waals surface area contributed by atoms with Crippen molar-refractivity contribution in [1.82, 2.24) is 5.32 Å². The fraction of sp³-hybridized carbons (Fsp3) is 0.615. The van der Waals surface area contributed by atoms with E-state index >= 15 is 0 Å². The van der Waals surface area contributed by atoms with Gasteiger partial charge < -0.3 is 5.32 Å². The summed E-state index contributed by atoms with van der Waals surface area (Å²) in [5.41, 5.74) is -0.420. The van der Waals surface area contributed by atoms with Gasteiger partial charge >= 0.3 is 0 Å². The van der Waals surface area contributed by atoms with Crippen molar-refractivity contribution in [2.45, 2.75) is 37.6 Å². The lowest BCUT2D eigenvalue weighted by Crippen LogP contribution is -2.57. The molecule has 0 heterocycles. The minimum atomic E-state index is -0.420. The molecule has 1 unspecified atom stereocenters. The van der Waals surface area contributed by atoms with Crippen molar-refractivity contribution in [3.8, 4) is 0 Å². The number of nitrogens with one attached hydrogen (secondary N) is 1. The Morgan fingerprint density at radius 2 is 2.31 bits per heavy atom. The van der Waals surface area contributed by atoms with E-state index < -0.39 is 5.54 Å². The topological polar surface area (TPSA) is 29.1 Å². The van der Waals surface area contributed by atoms with Crippen molar-refractivity contribution in [2.75, 3.05) is 7.05 Å². The number of likely N-dealkylation sites (N-methyl/N-ethyl adjacent to an activating group) is 1. The molecule has 0 spiro atoms. The molecule has 0 aromatic carbocycles. The number of allylic oxidation sites excluding steroid dienone is 3. The van der Waals surface area contributed by atoms with Crippen molar-refractivity contribution in [3.05, 3.63) is 23.3 Å². The molecule has 1 N–H and O–H groups in total. The number of hydrogen-bond donors (Lipinski definition) is 1. The minimum Gasteiger partial charge on any atom is -0.307 e. The van der Waals surface area contributed by atoms with Gasteiger partial charge in [-0.3, -0.25) is 4.79 Å². The van der Waals surface area contributed by atoms with Gasteiger partial charge in [0.05, 0.1) is 5.54 Å². The van der Waals surface area contributed by atoms with Crippen molar-refractivity contribution in [2.24, 2.45) is 5.92 Å². The van der Waals surface area contributed by atoms with Crippen molar-refractivity contribution in [3.63, 3.8) is 0 Å². The second-order valence-corrected chi connectivity index (χ2v) is 5.06. The highest BCUT2D eigenvalue weighted by Crippen LogP contribution is 2.40. The molecule has 0 bridgehead atoms. The van der Waals surface area contributed by atoms with Crippen LogP contribution in [-0.2, 0) is 4.79 Å². The summed E-state index contributed by atoms with van der Waals surface area (Å²) in [4.78, 5) is 12.2. The highest BCUT2D eigenvalue weighted by atomic mass is 35.5. The zero-order chi connectivity index (χ0) is 11.6. The lowest BCUT2D eigenvalue weighted by molar-refractivity contribution is -0.129. The first-order valence-corrected chi connectivity index (χ1v) is 6.33. The van der Waals surface area contributed by atoms with Crippen LogP contribution >= 0.6 is 11.6 Å². The Bertz CT molecular complexity index is 348. The fourth-order valence-corrected chi connectivity index (χ4v) is 3.25. The molecular formula is C13H18ClNO. The van der Waals surface area contributed by atoms with Crippen LogP contribution in [0.15, 0.2) is 23.3 Å². The third-order valence-corrected chi connectivity index (χ3v) is 4.25. The molecular weight excluding hydrogens is 222 g/mol. The standard InChI is InChI=1S/C13H18ClNO/c1-15-13(9-5-4-8-12(13)16)10-6-2-3-7-11(10)14/h2-3,7,10,15H,4-6,8-9H2,1H3/t10?,13-/m0/s1. The number of ketones is 1. The zero-order valence-corrected chi connectivity index (χ0v) is 10.4. The summed E-state index contributed by atoms with van der Waals surface area (Å²) in [5.74, 6) is 0.449. The molecule has 3 heteroatoms. The molecule has 2 aliphatic rings. The summed E-state index contributed by atoms with van der Waals surface area (Å²) in [6.45, 7) is 0. The molecule has 16 heavy (non-hydrogen) atoms. The molecule has 2 atom stereocenters. The van der Waals surface area contributed by atoms with E-state index in [2.05, 4.69) is 11.4 Å². The molecule has 2 rings (SSSR count). The lowest BCUT2D eigenvalue weighted by atomic mass is 9.69. The normalized spacial score (nSPS) is 35.0. The predicted octanol–water partition coefficient (Wildman–Crippen LogP) is 2.79. The van der Waals surface area contributed by atoms with Crippen LogP contribution in [0.25, 0.3) is 0 Å². The van der Waals surface area contributed by atoms with Gasteiger partial charge in [-0.05, 0) is 32.4 Å². The average molecular weight is 240 g/mol. The Hall–Kier alpha value is -0.600. The van der Waals surface area contributed by atoms with Crippen LogP contribution in [0.1, 0.15) is 32.1 Å². The van der Waals surface area contributed by atoms with Crippen LogP contribution < -0.4 is 5.32 Å². The predicted molar refractivity (Wildman–Crippen MR) is 66.4 cm³/mol. The maximum atomic E-state index is 12.2. The molecule has 0 radical (unpaired) electrons. The molecule has 2 nitrogen and oxygen atoms in total. The van der Waals surface area contributed by atoms with Crippen LogP contribution in [0.2, 0.25) is 0 Å². The maximum Gasteiger partial charge on any atom is 0.153 e. The van der Waals surface area contributed by atoms with E-state index in [0.717, 1.165) is 30.7 Å². The Morgan fingerprint density at radius 1 is 1.50 bits per heavy atom. The highest BCUT2D eigenvalue weighted by molar-refractivity contribution is 6.30. The fourth-order valence-electron chi connectivity index (χ4n) is 2.90. The second-order valence-electron chi connectivity index (χ2n) is 4.62. The summed E-state index contributed by atoms with van der Waals surface area (Å²) in [5, 5.41) is 4.07. The highest BCUT2D eigenvalue weighted by Gasteiger charge is 2.46. The van der Waals surface area contributed by atoms with Gasteiger partial charge in [-0.2, -0.15) is 0 Å². The van der Waals surface area contributed by atoms with Gasteiger partial charge in [0.2, 0.25) is 0 Å². The molecule has 2 aliphatic carbocycles. The van der Waals surface area contributed by atoms with Crippen LogP contribution in [0.4, 0.5) is 0 Å². The molecule has 0 saturated heterocycles. The number of rotatable bonds is 2. The number of carbonyl (C=O) groups is 1. The first kappa shape index (κ1) is 11.9. The van der Waals surface area contributed by atoms with E-state index in [1.54, 1.807) is 0 Å². The summed E-state index contributed by atoms with van der Waals surface area (Å²) in [7, 11) is 1.88. The van der Waals surface area contributed by atoms with E-state index in [-0.39, 0.29) is 5.92 Å². The summed E-state index contributed by atoms with van der Waals surface area (Å²) in [6, 6.07) is 0. The number of Topliss-reactive ketones (excluding diaryl/α,β-unsaturated/α-hetero) is 1. The van der Waals surface area contributed by atoms with Crippen LogP contribution in [-0.4, -0.2) is 18.4 Å². The van der Waals surface area contributed by atoms with E-state index in [9.17, 15) is 4.79 Å². The molecule has 0 aliphatic heterocycles. The number of carbonyl (C=O) groups excluding carboxylic acids is 1. The van der Waals surface area contributed by atoms with Crippen LogP contribution in [0.3, 0.4) is 0 Å². The SMILES string of the molecule is CN[C@]1(C2CC=CC=C2Cl)CCCCC1=O. The minimum absolute atomic E-state index is 0.122. The van der Waals surface area contributed by atoms with Gasteiger partial charge in [-0.15, -0.1) is 0 Å². The van der Waals surface area contributed by atoms with E-state index in [1.807, 2.05) is 19.2 Å². The van der Waals surface area contributed by atoms with Gasteiger partial charge in [0.1, 0.15) is 0 Å². The molecule has 1 fully saturated rings. The van der Waals surface area contributed by atoms with Crippen molar-refractivity contribution in [1.29, 1.82) is 0 Å². The van der Waals surface area contributed by atoms with Gasteiger partial charge in [-0.1, -0.05) is 30.2 Å². The van der Waals surface area contributed by atoms with Crippen molar-refractivity contribution < 1.29 is 4.79 Å². The van der Waals surface area contributed by atoms with Gasteiger partial charge in [0.15, 0.2) is 5.78 Å². The summed E-state index contributed by atoms with van der Waals surface area (Å²) in [6.07, 6.45) is 10.6. The van der Waals surface area contributed by atoms with Crippen LogP contribution in [0, 0.1) is 5.92 Å². The molecule has 0 aromatic rings. The average Bonchev–Trinajstić information content (AvgIpc) is 2.31. The van der Waals surface area contributed by atoms with Gasteiger partial charge in [0, 0.05) is 17.4 Å². The quantitative estimate of drug-likeness (QED) is 0.803. The number of halogens is 1. The van der Waals surface area contributed by atoms with Gasteiger partial charge in [-0.25, -0.2) is 0 Å². The molecule has 88 valence electrons. The van der Waals surface area contributed by atoms with E-state index in [0.29, 0.717) is 12.2 Å². The summed E-state index contributed by atoms with van der Waals surface area (Å²) >= 11 is 6.27. The Kier molecular flexibility index (Phi) is 3.50. The Balaban J connectivity index is 2.30. The number of hydrogen-bond acceptors (Lipinski definition) is 2. The van der Waals surface area contributed by atoms with E-state index in [1.165, 1.54) is 0 Å². The van der Waals surface area contributed by atoms with Gasteiger partial charge in [0.25, 0.3) is 0 Å². The first-order valence-electron chi connectivity index (χ1n) is 5.95. The zero-order valence-electron chi connectivity index (χ0n) is 9.63. The van der Waals surface area contributed by atoms with E-state index in [4.69, 9.17) is 11.6 Å². The maximum absolute atomic E-state index is 12.2. The lowest BCUT2D eigenvalue weighted by Gasteiger charge is -2.42. The third kappa shape index (κ3) is 1.85. The Morgan fingerprint density at radius 3 is 2.94 bits per heavy atom. The smallest absolute Gasteiger partial charge is 0.153 e. The Labute approximate surface area is 102 Å².